The molecule has 0 saturated carbocycles. The van der Waals surface area contributed by atoms with Crippen molar-refractivity contribution >= 4 is 32.9 Å². The molecule has 2 heterocycles. The fourth-order valence-electron chi connectivity index (χ4n) is 3.29. The Morgan fingerprint density at radius 3 is 2.58 bits per heavy atom. The average molecular weight is 369 g/mol. The number of hydrogen-bond acceptors (Lipinski definition) is 3. The summed E-state index contributed by atoms with van der Waals surface area (Å²) >= 11 is 0. The highest BCUT2D eigenvalue weighted by molar-refractivity contribution is 8.14. The fourth-order valence-corrected chi connectivity index (χ4v) is 4.45. The smallest absolute Gasteiger partial charge is 0.259 e. The van der Waals surface area contributed by atoms with E-state index in [0.29, 0.717) is 27.4 Å². The largest absolute Gasteiger partial charge is 0.370 e. The Balaban J connectivity index is 1.69. The summed E-state index contributed by atoms with van der Waals surface area (Å²) in [6.07, 6.45) is 0. The van der Waals surface area contributed by atoms with Crippen molar-refractivity contribution < 1.29 is 4.39 Å². The number of H-pyrrole nitrogens is 1. The minimum Gasteiger partial charge on any atom is -0.370 e. The highest BCUT2D eigenvalue weighted by Crippen LogP contribution is 2.25. The molecule has 0 spiro atoms. The lowest BCUT2D eigenvalue weighted by Gasteiger charge is -2.30. The number of fused-ring (bicyclic) bond motifs is 1. The molecule has 26 heavy (non-hydrogen) atoms. The Kier molecular flexibility index (Phi) is 4.36. The van der Waals surface area contributed by atoms with Gasteiger partial charge in [-0.2, -0.15) is 10.5 Å². The van der Waals surface area contributed by atoms with E-state index in [-0.39, 0.29) is 10.9 Å². The van der Waals surface area contributed by atoms with E-state index in [9.17, 15) is 9.18 Å². The van der Waals surface area contributed by atoms with Crippen molar-refractivity contribution in [2.45, 2.75) is 6.92 Å². The maximum atomic E-state index is 13.6. The molecule has 0 bridgehead atoms. The molecule has 0 amide bonds. The van der Waals surface area contributed by atoms with Crippen LogP contribution in [0.1, 0.15) is 5.56 Å². The van der Waals surface area contributed by atoms with Gasteiger partial charge in [-0.1, -0.05) is 5.87 Å². The van der Waals surface area contributed by atoms with Crippen LogP contribution in [-0.4, -0.2) is 40.4 Å². The summed E-state index contributed by atoms with van der Waals surface area (Å²) in [5.74, 6) is 6.51. The maximum Gasteiger partial charge on any atom is 0.259 e. The van der Waals surface area contributed by atoms with Crippen LogP contribution < -0.4 is 10.5 Å². The van der Waals surface area contributed by atoms with E-state index >= 15 is 0 Å². The van der Waals surface area contributed by atoms with E-state index in [0.717, 1.165) is 30.2 Å². The number of hydrogen-bond donors (Lipinski definition) is 1. The second-order valence-corrected chi connectivity index (χ2v) is 8.63. The summed E-state index contributed by atoms with van der Waals surface area (Å²) < 4.78 is 13.6. The number of aryl methyl sites for hydroxylation is 1. The van der Waals surface area contributed by atoms with E-state index in [4.69, 9.17) is 0 Å². The lowest BCUT2D eigenvalue weighted by molar-refractivity contribution is 0.628. The predicted molar refractivity (Wildman–Crippen MR) is 109 cm³/mol. The molecule has 1 fully saturated rings. The van der Waals surface area contributed by atoms with Gasteiger partial charge in [0.2, 0.25) is 0 Å². The standard InChI is InChI=1S/C20H20FN3OS/c1-13-11-15(21)12-17-18(13)22-19(23-20(17)25)14-3-5-16(6-4-14)24-7-9-26(2)10-8-24/h3-6,11-12H,2,7-10H2,1H3,(H,22,23,25). The van der Waals surface area contributed by atoms with E-state index in [2.05, 4.69) is 32.9 Å². The topological polar surface area (TPSA) is 49.0 Å². The zero-order valence-corrected chi connectivity index (χ0v) is 15.4. The van der Waals surface area contributed by atoms with Crippen LogP contribution in [0.15, 0.2) is 41.2 Å². The van der Waals surface area contributed by atoms with Gasteiger partial charge in [0.25, 0.3) is 5.56 Å². The van der Waals surface area contributed by atoms with Crippen molar-refractivity contribution in [3.63, 3.8) is 0 Å². The molecule has 0 atom stereocenters. The van der Waals surface area contributed by atoms with E-state index in [1.54, 1.807) is 6.92 Å². The first-order valence-corrected chi connectivity index (χ1v) is 10.3. The van der Waals surface area contributed by atoms with Gasteiger partial charge in [-0.15, -0.1) is 0 Å². The number of nitrogens with zero attached hydrogens (tertiary/aromatic N) is 2. The molecule has 0 unspecified atom stereocenters. The lowest BCUT2D eigenvalue weighted by Crippen LogP contribution is -2.33. The van der Waals surface area contributed by atoms with Gasteiger partial charge in [0.15, 0.2) is 0 Å². The molecule has 1 aliphatic heterocycles. The normalized spacial score (nSPS) is 15.5. The van der Waals surface area contributed by atoms with Crippen molar-refractivity contribution in [1.29, 1.82) is 0 Å². The highest BCUT2D eigenvalue weighted by Gasteiger charge is 2.14. The number of aromatic nitrogens is 2. The van der Waals surface area contributed by atoms with E-state index in [1.165, 1.54) is 17.8 Å². The molecule has 0 radical (unpaired) electrons. The Bertz CT molecular complexity index is 1050. The SMILES string of the molecule is C=S1CCN(c2ccc(-c3nc4c(C)cc(F)cc4c(=O)[nH]3)cc2)CC1. The van der Waals surface area contributed by atoms with Crippen molar-refractivity contribution in [1.82, 2.24) is 9.97 Å². The third-order valence-corrected chi connectivity index (χ3v) is 6.29. The molecule has 4 nitrogen and oxygen atoms in total. The molecule has 1 aromatic heterocycles. The maximum absolute atomic E-state index is 13.6. The van der Waals surface area contributed by atoms with Gasteiger partial charge < -0.3 is 9.88 Å². The summed E-state index contributed by atoms with van der Waals surface area (Å²) in [6, 6.07) is 10.7. The molecule has 2 aromatic carbocycles. The molecule has 0 aliphatic carbocycles. The van der Waals surface area contributed by atoms with Gasteiger partial charge in [0, 0.05) is 35.8 Å². The summed E-state index contributed by atoms with van der Waals surface area (Å²) in [7, 11) is 0.293. The van der Waals surface area contributed by atoms with Crippen LogP contribution in [0.3, 0.4) is 0 Å². The van der Waals surface area contributed by atoms with Gasteiger partial charge >= 0.3 is 0 Å². The third kappa shape index (κ3) is 3.17. The molecule has 134 valence electrons. The minimum atomic E-state index is -0.425. The van der Waals surface area contributed by atoms with Crippen LogP contribution in [0.5, 0.6) is 0 Å². The molecule has 1 aliphatic rings. The summed E-state index contributed by atoms with van der Waals surface area (Å²) in [6.45, 7) is 3.82. The van der Waals surface area contributed by atoms with Gasteiger partial charge in [0.05, 0.1) is 10.9 Å². The Morgan fingerprint density at radius 1 is 1.19 bits per heavy atom. The Hall–Kier alpha value is -2.47. The minimum absolute atomic E-state index is 0.278. The third-order valence-electron chi connectivity index (χ3n) is 4.77. The number of halogens is 1. The summed E-state index contributed by atoms with van der Waals surface area (Å²) in [5, 5.41) is 0.278. The zero-order valence-electron chi connectivity index (χ0n) is 14.6. The second kappa shape index (κ2) is 6.68. The van der Waals surface area contributed by atoms with Crippen LogP contribution in [0.4, 0.5) is 10.1 Å². The van der Waals surface area contributed by atoms with Crippen LogP contribution in [0.25, 0.3) is 22.3 Å². The molecule has 1 saturated heterocycles. The number of anilines is 1. The van der Waals surface area contributed by atoms with Crippen molar-refractivity contribution in [2.75, 3.05) is 29.5 Å². The Morgan fingerprint density at radius 2 is 1.88 bits per heavy atom. The number of benzene rings is 2. The predicted octanol–water partition coefficient (Wildman–Crippen LogP) is 3.56. The lowest BCUT2D eigenvalue weighted by atomic mass is 10.1. The first kappa shape index (κ1) is 17.0. The monoisotopic (exact) mass is 369 g/mol. The number of aromatic amines is 1. The molecule has 1 N–H and O–H groups in total. The summed E-state index contributed by atoms with van der Waals surface area (Å²) in [5.41, 5.74) is 2.88. The average Bonchev–Trinajstić information content (AvgIpc) is 2.63. The van der Waals surface area contributed by atoms with Crippen LogP contribution in [0.2, 0.25) is 0 Å². The number of nitrogens with one attached hydrogen (secondary N) is 1. The number of rotatable bonds is 2. The first-order chi connectivity index (χ1) is 12.5. The van der Waals surface area contributed by atoms with Gasteiger partial charge in [-0.05, 0) is 48.9 Å². The van der Waals surface area contributed by atoms with Crippen molar-refractivity contribution in [3.05, 3.63) is 58.1 Å². The van der Waals surface area contributed by atoms with Crippen LogP contribution >= 0.6 is 10.5 Å². The van der Waals surface area contributed by atoms with Gasteiger partial charge in [-0.3, -0.25) is 4.79 Å². The quantitative estimate of drug-likeness (QED) is 0.703. The molecule has 3 aromatic rings. The second-order valence-electron chi connectivity index (χ2n) is 6.59. The van der Waals surface area contributed by atoms with Crippen LogP contribution in [0, 0.1) is 12.7 Å². The molecular formula is C20H20FN3OS. The molecule has 4 rings (SSSR count). The first-order valence-electron chi connectivity index (χ1n) is 8.54. The van der Waals surface area contributed by atoms with Crippen molar-refractivity contribution in [3.8, 4) is 11.4 Å². The van der Waals surface area contributed by atoms with Gasteiger partial charge in [-0.25, -0.2) is 9.37 Å². The van der Waals surface area contributed by atoms with Gasteiger partial charge in [0.1, 0.15) is 11.6 Å². The molecule has 6 heteroatoms. The highest BCUT2D eigenvalue weighted by atomic mass is 32.2. The van der Waals surface area contributed by atoms with Crippen molar-refractivity contribution in [2.24, 2.45) is 0 Å². The molecular weight excluding hydrogens is 349 g/mol. The summed E-state index contributed by atoms with van der Waals surface area (Å²) in [4.78, 5) is 22.0. The Labute approximate surface area is 153 Å². The van der Waals surface area contributed by atoms with E-state index < -0.39 is 5.82 Å². The zero-order chi connectivity index (χ0) is 18.3. The van der Waals surface area contributed by atoms with E-state index in [1.807, 2.05) is 12.1 Å². The van der Waals surface area contributed by atoms with Crippen LogP contribution in [-0.2, 0) is 0 Å². The fraction of sp³-hybridized carbons (Fsp3) is 0.250.